The molecule has 10 nitrogen and oxygen atoms in total. The lowest BCUT2D eigenvalue weighted by molar-refractivity contribution is -0.135. The van der Waals surface area contributed by atoms with Crippen molar-refractivity contribution in [3.63, 3.8) is 0 Å². The summed E-state index contributed by atoms with van der Waals surface area (Å²) in [5.41, 5.74) is 0.682. The molecule has 1 saturated carbocycles. The Labute approximate surface area is 228 Å². The maximum Gasteiger partial charge on any atom is 0.434 e. The number of nitrogens with one attached hydrogen (secondary N) is 2. The van der Waals surface area contributed by atoms with E-state index in [0.29, 0.717) is 23.4 Å². The predicted molar refractivity (Wildman–Crippen MR) is 144 cm³/mol. The zero-order chi connectivity index (χ0) is 27.9. The van der Waals surface area contributed by atoms with Crippen LogP contribution >= 0.6 is 11.6 Å². The molecule has 0 aliphatic heterocycles. The third-order valence-electron chi connectivity index (χ3n) is 6.28. The van der Waals surface area contributed by atoms with Gasteiger partial charge in [0.1, 0.15) is 18.6 Å². The van der Waals surface area contributed by atoms with Crippen LogP contribution in [0.3, 0.4) is 0 Å². The molecule has 1 aliphatic carbocycles. The fourth-order valence-electron chi connectivity index (χ4n) is 4.22. The second-order valence-corrected chi connectivity index (χ2v) is 9.85. The molecule has 2 rings (SSSR count). The van der Waals surface area contributed by atoms with Gasteiger partial charge in [-0.1, -0.05) is 55.8 Å². The van der Waals surface area contributed by atoms with Crippen molar-refractivity contribution in [1.82, 2.24) is 15.5 Å². The van der Waals surface area contributed by atoms with Crippen LogP contribution < -0.4 is 10.6 Å². The Morgan fingerprint density at radius 2 is 1.95 bits per heavy atom. The fraction of sp³-hybridized carbons (Fsp3) is 0.556. The van der Waals surface area contributed by atoms with E-state index < -0.39 is 18.0 Å². The van der Waals surface area contributed by atoms with Gasteiger partial charge in [-0.05, 0) is 43.4 Å². The average Bonchev–Trinajstić information content (AvgIpc) is 2.89. The maximum atomic E-state index is 13.1. The molecule has 0 unspecified atom stereocenters. The van der Waals surface area contributed by atoms with Gasteiger partial charge in [-0.25, -0.2) is 4.79 Å². The summed E-state index contributed by atoms with van der Waals surface area (Å²) in [7, 11) is 1.50. The van der Waals surface area contributed by atoms with Crippen LogP contribution in [0.1, 0.15) is 63.9 Å². The number of rotatable bonds is 13. The van der Waals surface area contributed by atoms with Crippen LogP contribution in [0.2, 0.25) is 5.02 Å². The summed E-state index contributed by atoms with van der Waals surface area (Å²) in [6, 6.07) is 5.90. The lowest BCUT2D eigenvalue weighted by Crippen LogP contribution is -2.42. The van der Waals surface area contributed by atoms with Gasteiger partial charge >= 0.3 is 6.09 Å². The molecule has 1 aromatic carbocycles. The number of amides is 4. The molecule has 208 valence electrons. The van der Waals surface area contributed by atoms with Crippen molar-refractivity contribution in [2.75, 3.05) is 20.1 Å². The van der Waals surface area contributed by atoms with Crippen LogP contribution in [0.25, 0.3) is 0 Å². The Bertz CT molecular complexity index is 1010. The second kappa shape index (κ2) is 16.5. The standard InChI is InChI=1S/C27H37ClN4O6/c1-3-29-24(34)16-32(2)25(35)13-12-22(17-33)30-26(36)23(15-19-8-5-4-6-9-19)31-27(37)38-18-20-10-7-11-21(28)14-20/h7,10-11,14,17,19,22H,3-6,8-9,12-13,15-16,18H2,1-2H3,(H,29,34)(H,30,36)/t22-/m0/s1. The van der Waals surface area contributed by atoms with Crippen molar-refractivity contribution in [2.24, 2.45) is 10.9 Å². The first-order valence-corrected chi connectivity index (χ1v) is 13.3. The van der Waals surface area contributed by atoms with Gasteiger partial charge in [0.2, 0.25) is 11.8 Å². The van der Waals surface area contributed by atoms with E-state index in [9.17, 15) is 24.0 Å². The van der Waals surface area contributed by atoms with E-state index >= 15 is 0 Å². The van der Waals surface area contributed by atoms with Gasteiger partial charge in [-0.3, -0.25) is 14.4 Å². The minimum atomic E-state index is -0.955. The number of carbonyl (C=O) groups excluding carboxylic acids is 5. The predicted octanol–water partition coefficient (Wildman–Crippen LogP) is 3.45. The summed E-state index contributed by atoms with van der Waals surface area (Å²) in [5, 5.41) is 5.71. The molecule has 0 heterocycles. The molecule has 0 bridgehead atoms. The highest BCUT2D eigenvalue weighted by molar-refractivity contribution is 6.40. The Hall–Kier alpha value is -3.27. The lowest BCUT2D eigenvalue weighted by Gasteiger charge is -2.22. The van der Waals surface area contributed by atoms with Crippen molar-refractivity contribution in [3.8, 4) is 0 Å². The molecular weight excluding hydrogens is 512 g/mol. The van der Waals surface area contributed by atoms with Crippen LogP contribution in [-0.2, 0) is 30.5 Å². The van der Waals surface area contributed by atoms with Crippen LogP contribution in [0.4, 0.5) is 4.79 Å². The molecule has 1 aliphatic rings. The third kappa shape index (κ3) is 11.4. The third-order valence-corrected chi connectivity index (χ3v) is 6.51. The number of ether oxygens (including phenoxy) is 1. The summed E-state index contributed by atoms with van der Waals surface area (Å²) < 4.78 is 5.22. The number of carbonyl (C=O) groups is 5. The van der Waals surface area contributed by atoms with Gasteiger partial charge in [0.15, 0.2) is 0 Å². The number of benzene rings is 1. The smallest absolute Gasteiger partial charge is 0.434 e. The van der Waals surface area contributed by atoms with Gasteiger partial charge in [-0.2, -0.15) is 4.99 Å². The first-order chi connectivity index (χ1) is 18.2. The number of halogens is 1. The van der Waals surface area contributed by atoms with Crippen molar-refractivity contribution in [1.29, 1.82) is 0 Å². The first kappa shape index (κ1) is 31.0. The molecule has 2 N–H and O–H groups in total. The summed E-state index contributed by atoms with van der Waals surface area (Å²) in [6.45, 7) is 2.09. The molecule has 11 heteroatoms. The van der Waals surface area contributed by atoms with E-state index in [1.807, 2.05) is 0 Å². The monoisotopic (exact) mass is 548 g/mol. The maximum absolute atomic E-state index is 13.1. The number of aliphatic imine (C=N–C) groups is 1. The van der Waals surface area contributed by atoms with Crippen LogP contribution in [0, 0.1) is 5.92 Å². The van der Waals surface area contributed by atoms with E-state index in [1.54, 1.807) is 31.2 Å². The highest BCUT2D eigenvalue weighted by atomic mass is 35.5. The molecule has 0 saturated heterocycles. The minimum Gasteiger partial charge on any atom is -0.443 e. The van der Waals surface area contributed by atoms with Gasteiger partial charge in [0, 0.05) is 25.0 Å². The quantitative estimate of drug-likeness (QED) is 0.286. The van der Waals surface area contributed by atoms with E-state index in [1.165, 1.54) is 11.9 Å². The lowest BCUT2D eigenvalue weighted by atomic mass is 9.85. The number of hydrogen-bond donors (Lipinski definition) is 2. The van der Waals surface area contributed by atoms with Crippen LogP contribution in [-0.4, -0.2) is 66.9 Å². The van der Waals surface area contributed by atoms with Crippen molar-refractivity contribution >= 4 is 47.4 Å². The fourth-order valence-corrected chi connectivity index (χ4v) is 4.43. The topological polar surface area (TPSA) is 134 Å². The van der Waals surface area contributed by atoms with Crippen LogP contribution in [0.5, 0.6) is 0 Å². The van der Waals surface area contributed by atoms with Crippen molar-refractivity contribution in [2.45, 2.75) is 70.9 Å². The second-order valence-electron chi connectivity index (χ2n) is 9.41. The van der Waals surface area contributed by atoms with E-state index in [0.717, 1.165) is 32.1 Å². The van der Waals surface area contributed by atoms with Crippen LogP contribution in [0.15, 0.2) is 29.3 Å². The molecule has 0 spiro atoms. The normalized spacial score (nSPS) is 14.8. The van der Waals surface area contributed by atoms with Gasteiger partial charge in [0.25, 0.3) is 5.91 Å². The zero-order valence-corrected chi connectivity index (χ0v) is 22.8. The van der Waals surface area contributed by atoms with E-state index in [2.05, 4.69) is 15.6 Å². The molecular formula is C27H37ClN4O6. The molecule has 1 aromatic rings. The average molecular weight is 549 g/mol. The van der Waals surface area contributed by atoms with Crippen molar-refractivity contribution < 1.29 is 28.7 Å². The molecule has 0 radical (unpaired) electrons. The summed E-state index contributed by atoms with van der Waals surface area (Å²) in [5.74, 6) is -1.06. The summed E-state index contributed by atoms with van der Waals surface area (Å²) in [4.78, 5) is 66.5. The number of likely N-dealkylation sites (N-methyl/N-ethyl adjacent to an activating group) is 2. The largest absolute Gasteiger partial charge is 0.443 e. The molecule has 1 atom stereocenters. The number of nitrogens with zero attached hydrogens (tertiary/aromatic N) is 2. The summed E-state index contributed by atoms with van der Waals surface area (Å²) >= 11 is 5.96. The Kier molecular flexibility index (Phi) is 13.5. The van der Waals surface area contributed by atoms with Gasteiger partial charge in [0.05, 0.1) is 12.6 Å². The van der Waals surface area contributed by atoms with Gasteiger partial charge < -0.3 is 25.1 Å². The number of aldehydes is 1. The Morgan fingerprint density at radius 1 is 1.21 bits per heavy atom. The van der Waals surface area contributed by atoms with Gasteiger partial charge in [-0.15, -0.1) is 0 Å². The minimum absolute atomic E-state index is 0.000439. The highest BCUT2D eigenvalue weighted by Crippen LogP contribution is 2.27. The van der Waals surface area contributed by atoms with Crippen molar-refractivity contribution in [3.05, 3.63) is 34.9 Å². The molecule has 1 fully saturated rings. The Morgan fingerprint density at radius 3 is 2.61 bits per heavy atom. The highest BCUT2D eigenvalue weighted by Gasteiger charge is 2.24. The molecule has 0 aromatic heterocycles. The Balaban J connectivity index is 2.00. The first-order valence-electron chi connectivity index (χ1n) is 13.0. The SMILES string of the molecule is CCNC(=O)CN(C)C(=O)CC[C@@H](C=O)NC(=O)C(CC1CCCCC1)=NC(=O)OCc1cccc(Cl)c1. The van der Waals surface area contributed by atoms with E-state index in [-0.39, 0.29) is 55.9 Å². The van der Waals surface area contributed by atoms with E-state index in [4.69, 9.17) is 16.3 Å². The molecule has 38 heavy (non-hydrogen) atoms. The molecule has 4 amide bonds. The number of hydrogen-bond acceptors (Lipinski definition) is 6. The summed E-state index contributed by atoms with van der Waals surface area (Å²) in [6.07, 6.45) is 5.00. The zero-order valence-electron chi connectivity index (χ0n) is 22.0.